The molecule has 0 unspecified atom stereocenters. The van der Waals surface area contributed by atoms with Crippen LogP contribution in [0.3, 0.4) is 0 Å². The highest BCUT2D eigenvalue weighted by molar-refractivity contribution is 5.70. The molecule has 0 atom stereocenters. The number of nitrogen functional groups attached to an aromatic ring is 1. The van der Waals surface area contributed by atoms with Crippen molar-refractivity contribution in [3.05, 3.63) is 40.0 Å². The minimum atomic E-state index is -0.499. The molecule has 0 radical (unpaired) electrons. The summed E-state index contributed by atoms with van der Waals surface area (Å²) in [5.74, 6) is 6.40. The van der Waals surface area contributed by atoms with Gasteiger partial charge in [-0.1, -0.05) is 6.07 Å². The van der Waals surface area contributed by atoms with Crippen LogP contribution in [0.4, 0.5) is 11.4 Å². The molecule has 1 heterocycles. The summed E-state index contributed by atoms with van der Waals surface area (Å²) in [5.41, 5.74) is 2.73. The van der Waals surface area contributed by atoms with Crippen molar-refractivity contribution in [3.8, 4) is 5.69 Å². The highest BCUT2D eigenvalue weighted by Crippen LogP contribution is 2.30. The molecular weight excluding hydrogens is 236 g/mol. The maximum Gasteiger partial charge on any atom is 0.319 e. The van der Waals surface area contributed by atoms with E-state index in [1.54, 1.807) is 26.0 Å². The van der Waals surface area contributed by atoms with Gasteiger partial charge in [-0.2, -0.15) is 5.10 Å². The van der Waals surface area contributed by atoms with Crippen molar-refractivity contribution in [2.75, 3.05) is 5.43 Å². The molecule has 94 valence electrons. The average molecular weight is 248 g/mol. The molecule has 0 aliphatic heterocycles. The largest absolute Gasteiger partial charge is 0.319 e. The number of nitrogens with one attached hydrogen (secondary N) is 1. The van der Waals surface area contributed by atoms with Gasteiger partial charge in [0.2, 0.25) is 0 Å². The van der Waals surface area contributed by atoms with Gasteiger partial charge in [-0.25, -0.2) is 9.67 Å². The molecule has 2 rings (SSSR count). The fraction of sp³-hybridized carbons (Fsp3) is 0.200. The molecule has 0 aliphatic carbocycles. The van der Waals surface area contributed by atoms with Crippen molar-refractivity contribution in [1.82, 2.24) is 14.8 Å². The molecule has 8 nitrogen and oxygen atoms in total. The first-order chi connectivity index (χ1) is 8.54. The number of para-hydroxylation sites is 1. The van der Waals surface area contributed by atoms with E-state index in [0.717, 1.165) is 0 Å². The first-order valence-corrected chi connectivity index (χ1v) is 5.19. The average Bonchev–Trinajstić information content (AvgIpc) is 2.67. The second-order valence-corrected chi connectivity index (χ2v) is 3.69. The maximum absolute atomic E-state index is 11.1. The predicted molar refractivity (Wildman–Crippen MR) is 65.3 cm³/mol. The van der Waals surface area contributed by atoms with Gasteiger partial charge in [0.15, 0.2) is 0 Å². The van der Waals surface area contributed by atoms with E-state index in [2.05, 4.69) is 15.5 Å². The number of rotatable bonds is 3. The van der Waals surface area contributed by atoms with Crippen LogP contribution in [0.2, 0.25) is 0 Å². The molecule has 18 heavy (non-hydrogen) atoms. The number of hydrogen-bond donors (Lipinski definition) is 2. The Kier molecular flexibility index (Phi) is 2.94. The van der Waals surface area contributed by atoms with Crippen LogP contribution in [0.15, 0.2) is 18.2 Å². The molecule has 0 saturated carbocycles. The second kappa shape index (κ2) is 4.41. The van der Waals surface area contributed by atoms with Crippen molar-refractivity contribution in [2.24, 2.45) is 5.84 Å². The summed E-state index contributed by atoms with van der Waals surface area (Å²) in [6.45, 7) is 3.45. The molecular formula is C10H12N6O2. The van der Waals surface area contributed by atoms with Crippen LogP contribution in [-0.2, 0) is 0 Å². The summed E-state index contributed by atoms with van der Waals surface area (Å²) in [5, 5.41) is 15.3. The van der Waals surface area contributed by atoms with E-state index in [0.29, 0.717) is 17.3 Å². The van der Waals surface area contributed by atoms with Crippen molar-refractivity contribution in [2.45, 2.75) is 13.8 Å². The third kappa shape index (κ3) is 1.89. The van der Waals surface area contributed by atoms with Crippen molar-refractivity contribution < 1.29 is 4.92 Å². The van der Waals surface area contributed by atoms with Crippen molar-refractivity contribution >= 4 is 11.4 Å². The van der Waals surface area contributed by atoms with E-state index in [-0.39, 0.29) is 11.4 Å². The number of nitro benzene ring substituents is 1. The Hall–Kier alpha value is -2.48. The molecule has 0 fully saturated rings. The Balaban J connectivity index is 2.71. The number of nitrogens with two attached hydrogens (primary N) is 1. The number of hydrazine groups is 1. The van der Waals surface area contributed by atoms with E-state index < -0.39 is 4.92 Å². The minimum Gasteiger partial charge on any atom is -0.318 e. The molecule has 8 heteroatoms. The minimum absolute atomic E-state index is 0.131. The third-order valence-electron chi connectivity index (χ3n) is 2.46. The maximum atomic E-state index is 11.1. The van der Waals surface area contributed by atoms with Crippen LogP contribution in [0.25, 0.3) is 5.69 Å². The number of nitro groups is 1. The summed E-state index contributed by atoms with van der Waals surface area (Å²) < 4.78 is 1.42. The smallest absolute Gasteiger partial charge is 0.318 e. The van der Waals surface area contributed by atoms with Crippen LogP contribution in [0.5, 0.6) is 0 Å². The van der Waals surface area contributed by atoms with Gasteiger partial charge in [0.05, 0.1) is 4.92 Å². The van der Waals surface area contributed by atoms with Gasteiger partial charge in [0.25, 0.3) is 0 Å². The topological polar surface area (TPSA) is 112 Å². The highest BCUT2D eigenvalue weighted by Gasteiger charge is 2.22. The quantitative estimate of drug-likeness (QED) is 0.477. The molecule has 1 aromatic carbocycles. The fourth-order valence-electron chi connectivity index (χ4n) is 1.76. The number of benzene rings is 1. The van der Waals surface area contributed by atoms with Crippen LogP contribution in [0.1, 0.15) is 11.6 Å². The van der Waals surface area contributed by atoms with Crippen molar-refractivity contribution in [3.63, 3.8) is 0 Å². The lowest BCUT2D eigenvalue weighted by Gasteiger charge is -2.07. The SMILES string of the molecule is Cc1nc(C)n(-c2cccc(NN)c2[N+](=O)[O-])n1. The summed E-state index contributed by atoms with van der Waals surface area (Å²) in [7, 11) is 0. The Morgan fingerprint density at radius 3 is 2.67 bits per heavy atom. The summed E-state index contributed by atoms with van der Waals surface area (Å²) >= 11 is 0. The second-order valence-electron chi connectivity index (χ2n) is 3.69. The van der Waals surface area contributed by atoms with E-state index in [1.807, 2.05) is 0 Å². The number of hydrogen-bond acceptors (Lipinski definition) is 6. The van der Waals surface area contributed by atoms with Crippen LogP contribution in [-0.4, -0.2) is 19.7 Å². The Morgan fingerprint density at radius 2 is 2.17 bits per heavy atom. The van der Waals surface area contributed by atoms with E-state index in [4.69, 9.17) is 5.84 Å². The van der Waals surface area contributed by atoms with E-state index in [1.165, 1.54) is 10.7 Å². The van der Waals surface area contributed by atoms with Gasteiger partial charge >= 0.3 is 5.69 Å². The summed E-state index contributed by atoms with van der Waals surface area (Å²) in [6, 6.07) is 4.79. The molecule has 0 aliphatic rings. The van der Waals surface area contributed by atoms with E-state index in [9.17, 15) is 10.1 Å². The molecule has 1 aromatic heterocycles. The van der Waals surface area contributed by atoms with Crippen LogP contribution < -0.4 is 11.3 Å². The Morgan fingerprint density at radius 1 is 1.44 bits per heavy atom. The Labute approximate surface area is 103 Å². The van der Waals surface area contributed by atoms with Crippen LogP contribution in [0, 0.1) is 24.0 Å². The first-order valence-electron chi connectivity index (χ1n) is 5.19. The number of anilines is 1. The van der Waals surface area contributed by atoms with Gasteiger partial charge in [0, 0.05) is 0 Å². The van der Waals surface area contributed by atoms with Crippen LogP contribution >= 0.6 is 0 Å². The van der Waals surface area contributed by atoms with Gasteiger partial charge in [-0.05, 0) is 26.0 Å². The lowest BCUT2D eigenvalue weighted by molar-refractivity contribution is -0.383. The molecule has 0 bridgehead atoms. The molecule has 3 N–H and O–H groups in total. The lowest BCUT2D eigenvalue weighted by atomic mass is 10.2. The third-order valence-corrected chi connectivity index (χ3v) is 2.46. The molecule has 2 aromatic rings. The number of nitrogens with zero attached hydrogens (tertiary/aromatic N) is 4. The zero-order chi connectivity index (χ0) is 13.3. The monoisotopic (exact) mass is 248 g/mol. The van der Waals surface area contributed by atoms with Gasteiger partial charge in [-0.15, -0.1) is 0 Å². The summed E-state index contributed by atoms with van der Waals surface area (Å²) in [4.78, 5) is 14.8. The zero-order valence-corrected chi connectivity index (χ0v) is 9.91. The molecule has 0 saturated heterocycles. The van der Waals surface area contributed by atoms with Gasteiger partial charge in [-0.3, -0.25) is 16.0 Å². The van der Waals surface area contributed by atoms with Gasteiger partial charge in [0.1, 0.15) is 23.0 Å². The molecule has 0 amide bonds. The predicted octanol–water partition coefficient (Wildman–Crippen LogP) is 1.08. The first kappa shape index (κ1) is 12.0. The zero-order valence-electron chi connectivity index (χ0n) is 9.91. The number of aryl methyl sites for hydroxylation is 2. The van der Waals surface area contributed by atoms with E-state index >= 15 is 0 Å². The summed E-state index contributed by atoms with van der Waals surface area (Å²) in [6.07, 6.45) is 0. The lowest BCUT2D eigenvalue weighted by Crippen LogP contribution is -2.11. The standard InChI is InChI=1S/C10H12N6O2/c1-6-12-7(2)15(14-6)9-5-3-4-8(13-11)10(9)16(17)18/h3-5,13H,11H2,1-2H3. The van der Waals surface area contributed by atoms with Gasteiger partial charge < -0.3 is 5.43 Å². The highest BCUT2D eigenvalue weighted by atomic mass is 16.6. The van der Waals surface area contributed by atoms with Crippen molar-refractivity contribution in [1.29, 1.82) is 0 Å². The Bertz CT molecular complexity index is 606. The number of aromatic nitrogens is 3. The molecule has 0 spiro atoms. The fourth-order valence-corrected chi connectivity index (χ4v) is 1.76. The normalized spacial score (nSPS) is 10.4.